The fourth-order valence-electron chi connectivity index (χ4n) is 3.09. The molecular formula is C20H21NO5. The Morgan fingerprint density at radius 3 is 2.31 bits per heavy atom. The van der Waals surface area contributed by atoms with E-state index >= 15 is 0 Å². The number of rotatable bonds is 5. The normalized spacial score (nSPS) is 15.8. The van der Waals surface area contributed by atoms with Gasteiger partial charge in [-0.05, 0) is 36.1 Å². The van der Waals surface area contributed by atoms with Crippen molar-refractivity contribution in [3.63, 3.8) is 0 Å². The maximum Gasteiger partial charge on any atom is 0.408 e. The Morgan fingerprint density at radius 1 is 1.04 bits per heavy atom. The lowest BCUT2D eigenvalue weighted by atomic mass is 9.82. The summed E-state index contributed by atoms with van der Waals surface area (Å²) in [5.74, 6) is -0.979. The van der Waals surface area contributed by atoms with E-state index in [1.807, 2.05) is 30.3 Å². The van der Waals surface area contributed by atoms with E-state index in [0.29, 0.717) is 26.1 Å². The number of carbonyl (C=O) groups is 2. The predicted molar refractivity (Wildman–Crippen MR) is 94.9 cm³/mol. The van der Waals surface area contributed by atoms with Crippen LogP contribution in [0.3, 0.4) is 0 Å². The molecule has 1 aliphatic rings. The number of carboxylic acid groups (broad SMARTS) is 1. The standard InChI is InChI=1S/C20H21NO5/c22-18(23)16-6-8-17(9-7-16)20(10-12-25-13-11-20)21-19(24)26-14-15-4-2-1-3-5-15/h1-9H,10-14H2,(H,21,24)(H,22,23). The predicted octanol–water partition coefficient (Wildman–Crippen LogP) is 3.32. The van der Waals surface area contributed by atoms with E-state index in [0.717, 1.165) is 11.1 Å². The summed E-state index contributed by atoms with van der Waals surface area (Å²) in [7, 11) is 0. The molecule has 0 unspecified atom stereocenters. The van der Waals surface area contributed by atoms with Crippen molar-refractivity contribution in [3.05, 3.63) is 71.3 Å². The molecule has 2 N–H and O–H groups in total. The molecule has 3 rings (SSSR count). The third-order valence-electron chi connectivity index (χ3n) is 4.58. The Balaban J connectivity index is 1.72. The van der Waals surface area contributed by atoms with Crippen molar-refractivity contribution in [1.29, 1.82) is 0 Å². The highest BCUT2D eigenvalue weighted by Gasteiger charge is 2.36. The lowest BCUT2D eigenvalue weighted by Crippen LogP contribution is -2.49. The molecule has 6 heteroatoms. The molecule has 1 amide bonds. The van der Waals surface area contributed by atoms with Crippen LogP contribution in [0.15, 0.2) is 54.6 Å². The number of aromatic carboxylic acids is 1. The minimum Gasteiger partial charge on any atom is -0.478 e. The quantitative estimate of drug-likeness (QED) is 0.859. The van der Waals surface area contributed by atoms with Crippen LogP contribution in [0.4, 0.5) is 4.79 Å². The number of alkyl carbamates (subject to hydrolysis) is 1. The van der Waals surface area contributed by atoms with E-state index in [2.05, 4.69) is 5.32 Å². The molecule has 0 radical (unpaired) electrons. The van der Waals surface area contributed by atoms with Crippen molar-refractivity contribution < 1.29 is 24.2 Å². The minimum absolute atomic E-state index is 0.192. The van der Waals surface area contributed by atoms with Crippen LogP contribution in [0.1, 0.15) is 34.3 Å². The van der Waals surface area contributed by atoms with Crippen LogP contribution in [-0.2, 0) is 21.6 Å². The Labute approximate surface area is 151 Å². The largest absolute Gasteiger partial charge is 0.478 e. The topological polar surface area (TPSA) is 84.9 Å². The maximum absolute atomic E-state index is 12.4. The van der Waals surface area contributed by atoms with E-state index < -0.39 is 17.6 Å². The van der Waals surface area contributed by atoms with Gasteiger partial charge in [0.25, 0.3) is 0 Å². The second-order valence-electron chi connectivity index (χ2n) is 6.26. The number of carbonyl (C=O) groups excluding carboxylic acids is 1. The molecule has 0 aromatic heterocycles. The highest BCUT2D eigenvalue weighted by atomic mass is 16.5. The van der Waals surface area contributed by atoms with Crippen LogP contribution < -0.4 is 5.32 Å². The number of carboxylic acids is 1. The van der Waals surface area contributed by atoms with Gasteiger partial charge in [0.15, 0.2) is 0 Å². The van der Waals surface area contributed by atoms with Gasteiger partial charge in [0.05, 0.1) is 11.1 Å². The fraction of sp³-hybridized carbons (Fsp3) is 0.300. The molecule has 136 valence electrons. The van der Waals surface area contributed by atoms with Gasteiger partial charge in [0, 0.05) is 13.2 Å². The first-order chi connectivity index (χ1) is 12.6. The van der Waals surface area contributed by atoms with Gasteiger partial charge in [-0.3, -0.25) is 0 Å². The highest BCUT2D eigenvalue weighted by Crippen LogP contribution is 2.32. The minimum atomic E-state index is -0.979. The Hall–Kier alpha value is -2.86. The maximum atomic E-state index is 12.4. The van der Waals surface area contributed by atoms with Gasteiger partial charge in [-0.15, -0.1) is 0 Å². The smallest absolute Gasteiger partial charge is 0.408 e. The summed E-state index contributed by atoms with van der Waals surface area (Å²) in [4.78, 5) is 23.4. The summed E-state index contributed by atoms with van der Waals surface area (Å²) in [6.07, 6.45) is 0.692. The monoisotopic (exact) mass is 355 g/mol. The lowest BCUT2D eigenvalue weighted by Gasteiger charge is -2.38. The van der Waals surface area contributed by atoms with Gasteiger partial charge in [0.1, 0.15) is 6.61 Å². The van der Waals surface area contributed by atoms with Crippen molar-refractivity contribution >= 4 is 12.1 Å². The van der Waals surface area contributed by atoms with Crippen molar-refractivity contribution in [2.45, 2.75) is 25.0 Å². The van der Waals surface area contributed by atoms with Gasteiger partial charge in [-0.25, -0.2) is 9.59 Å². The Kier molecular flexibility index (Phi) is 5.53. The summed E-state index contributed by atoms with van der Waals surface area (Å²) >= 11 is 0. The van der Waals surface area contributed by atoms with Crippen molar-refractivity contribution in [3.8, 4) is 0 Å². The van der Waals surface area contributed by atoms with E-state index in [1.54, 1.807) is 24.3 Å². The average molecular weight is 355 g/mol. The zero-order chi connectivity index (χ0) is 18.4. The van der Waals surface area contributed by atoms with Gasteiger partial charge in [-0.2, -0.15) is 0 Å². The number of amides is 1. The van der Waals surface area contributed by atoms with Gasteiger partial charge >= 0.3 is 12.1 Å². The first kappa shape index (κ1) is 17.9. The second kappa shape index (κ2) is 8.01. The summed E-state index contributed by atoms with van der Waals surface area (Å²) in [6.45, 7) is 1.22. The molecule has 1 saturated heterocycles. The SMILES string of the molecule is O=C(NC1(c2ccc(C(=O)O)cc2)CCOCC1)OCc1ccccc1. The van der Waals surface area contributed by atoms with E-state index in [9.17, 15) is 9.59 Å². The molecule has 26 heavy (non-hydrogen) atoms. The lowest BCUT2D eigenvalue weighted by molar-refractivity contribution is 0.0329. The third-order valence-corrected chi connectivity index (χ3v) is 4.58. The van der Waals surface area contributed by atoms with Crippen LogP contribution in [-0.4, -0.2) is 30.4 Å². The number of ether oxygens (including phenoxy) is 2. The molecule has 1 heterocycles. The van der Waals surface area contributed by atoms with Gasteiger partial charge in [0.2, 0.25) is 0 Å². The van der Waals surface area contributed by atoms with Gasteiger partial charge in [-0.1, -0.05) is 42.5 Å². The van der Waals surface area contributed by atoms with E-state index in [-0.39, 0.29) is 12.2 Å². The molecule has 6 nitrogen and oxygen atoms in total. The highest BCUT2D eigenvalue weighted by molar-refractivity contribution is 5.87. The number of hydrogen-bond acceptors (Lipinski definition) is 4. The molecule has 1 aliphatic heterocycles. The molecular weight excluding hydrogens is 334 g/mol. The molecule has 0 saturated carbocycles. The Morgan fingerprint density at radius 2 is 1.69 bits per heavy atom. The first-order valence-electron chi connectivity index (χ1n) is 8.49. The average Bonchev–Trinajstić information content (AvgIpc) is 2.68. The fourth-order valence-corrected chi connectivity index (χ4v) is 3.09. The summed E-state index contributed by atoms with van der Waals surface area (Å²) in [5.41, 5.74) is 1.35. The summed E-state index contributed by atoms with van der Waals surface area (Å²) < 4.78 is 10.8. The molecule has 0 aliphatic carbocycles. The molecule has 0 spiro atoms. The zero-order valence-corrected chi connectivity index (χ0v) is 14.3. The van der Waals surface area contributed by atoms with Crippen LogP contribution in [0.2, 0.25) is 0 Å². The van der Waals surface area contributed by atoms with Crippen molar-refractivity contribution in [1.82, 2.24) is 5.32 Å². The second-order valence-corrected chi connectivity index (χ2v) is 6.26. The number of hydrogen-bond donors (Lipinski definition) is 2. The first-order valence-corrected chi connectivity index (χ1v) is 8.49. The number of nitrogens with one attached hydrogen (secondary N) is 1. The van der Waals surface area contributed by atoms with Crippen LogP contribution in [0.5, 0.6) is 0 Å². The molecule has 2 aromatic carbocycles. The van der Waals surface area contributed by atoms with Crippen LogP contribution >= 0.6 is 0 Å². The third kappa shape index (κ3) is 4.21. The van der Waals surface area contributed by atoms with Crippen molar-refractivity contribution in [2.75, 3.05) is 13.2 Å². The van der Waals surface area contributed by atoms with Gasteiger partial charge < -0.3 is 19.9 Å². The zero-order valence-electron chi connectivity index (χ0n) is 14.3. The van der Waals surface area contributed by atoms with E-state index in [1.165, 1.54) is 0 Å². The number of benzene rings is 2. The Bertz CT molecular complexity index is 752. The molecule has 1 fully saturated rings. The van der Waals surface area contributed by atoms with Crippen molar-refractivity contribution in [2.24, 2.45) is 0 Å². The van der Waals surface area contributed by atoms with Crippen LogP contribution in [0, 0.1) is 0 Å². The van der Waals surface area contributed by atoms with E-state index in [4.69, 9.17) is 14.6 Å². The molecule has 2 aromatic rings. The summed E-state index contributed by atoms with van der Waals surface area (Å²) in [5, 5.41) is 12.0. The van der Waals surface area contributed by atoms with Crippen LogP contribution in [0.25, 0.3) is 0 Å². The molecule has 0 bridgehead atoms. The summed E-state index contributed by atoms with van der Waals surface area (Å²) in [6, 6.07) is 16.0. The molecule has 0 atom stereocenters.